The van der Waals surface area contributed by atoms with Gasteiger partial charge in [-0.3, -0.25) is 0 Å². The third-order valence-electron chi connectivity index (χ3n) is 3.39. The molecule has 0 amide bonds. The third-order valence-corrected chi connectivity index (χ3v) is 3.39. The summed E-state index contributed by atoms with van der Waals surface area (Å²) in [5.74, 6) is -1.39. The van der Waals surface area contributed by atoms with Gasteiger partial charge in [-0.2, -0.15) is 0 Å². The van der Waals surface area contributed by atoms with Gasteiger partial charge in [0, 0.05) is 17.8 Å². The van der Waals surface area contributed by atoms with Crippen LogP contribution in [0.4, 0.5) is 0 Å². The topological polar surface area (TPSA) is 82.7 Å². The molecule has 0 fully saturated rings. The summed E-state index contributed by atoms with van der Waals surface area (Å²) in [7, 11) is 0. The SMILES string of the molecule is Cc1ccc(C)n1C(Cc1ccc(O)c(O)c1)C(=O)O. The lowest BCUT2D eigenvalue weighted by Gasteiger charge is -2.19. The summed E-state index contributed by atoms with van der Waals surface area (Å²) in [5, 5.41) is 28.2. The lowest BCUT2D eigenvalue weighted by Crippen LogP contribution is -2.23. The van der Waals surface area contributed by atoms with Gasteiger partial charge in [0.05, 0.1) is 0 Å². The van der Waals surface area contributed by atoms with Crippen molar-refractivity contribution in [1.82, 2.24) is 4.57 Å². The molecule has 1 heterocycles. The van der Waals surface area contributed by atoms with E-state index in [1.807, 2.05) is 26.0 Å². The standard InChI is InChI=1S/C15H17NO4/c1-9-3-4-10(2)16(9)12(15(19)20)7-11-5-6-13(17)14(18)8-11/h3-6,8,12,17-18H,7H2,1-2H3,(H,19,20). The maximum Gasteiger partial charge on any atom is 0.327 e. The van der Waals surface area contributed by atoms with E-state index in [2.05, 4.69) is 0 Å². The molecule has 1 atom stereocenters. The van der Waals surface area contributed by atoms with Crippen LogP contribution in [0.15, 0.2) is 30.3 Å². The first kappa shape index (κ1) is 14.0. The minimum absolute atomic E-state index is 0.214. The average Bonchev–Trinajstić information content (AvgIpc) is 2.70. The van der Waals surface area contributed by atoms with Gasteiger partial charge in [0.1, 0.15) is 6.04 Å². The molecule has 1 aromatic carbocycles. The minimum atomic E-state index is -0.931. The molecule has 0 aliphatic carbocycles. The molecule has 106 valence electrons. The van der Waals surface area contributed by atoms with E-state index in [1.54, 1.807) is 10.6 Å². The number of hydrogen-bond donors (Lipinski definition) is 3. The lowest BCUT2D eigenvalue weighted by molar-refractivity contribution is -0.141. The van der Waals surface area contributed by atoms with Crippen molar-refractivity contribution in [2.24, 2.45) is 0 Å². The molecule has 1 unspecified atom stereocenters. The van der Waals surface area contributed by atoms with Crippen LogP contribution in [0.2, 0.25) is 0 Å². The van der Waals surface area contributed by atoms with E-state index in [0.29, 0.717) is 5.56 Å². The normalized spacial score (nSPS) is 12.3. The number of carbonyl (C=O) groups is 1. The van der Waals surface area contributed by atoms with Crippen LogP contribution < -0.4 is 0 Å². The molecule has 0 bridgehead atoms. The predicted octanol–water partition coefficient (Wildman–Crippen LogP) is 2.38. The van der Waals surface area contributed by atoms with Crippen molar-refractivity contribution < 1.29 is 20.1 Å². The Labute approximate surface area is 116 Å². The molecule has 0 saturated carbocycles. The summed E-state index contributed by atoms with van der Waals surface area (Å²) in [6.45, 7) is 3.72. The summed E-state index contributed by atoms with van der Waals surface area (Å²) in [4.78, 5) is 11.5. The van der Waals surface area contributed by atoms with Crippen LogP contribution >= 0.6 is 0 Å². The van der Waals surface area contributed by atoms with Gasteiger partial charge in [0.2, 0.25) is 0 Å². The Bertz CT molecular complexity index is 626. The van der Waals surface area contributed by atoms with E-state index < -0.39 is 12.0 Å². The van der Waals surface area contributed by atoms with Gasteiger partial charge < -0.3 is 19.9 Å². The first-order chi connectivity index (χ1) is 9.40. The van der Waals surface area contributed by atoms with Gasteiger partial charge in [-0.15, -0.1) is 0 Å². The van der Waals surface area contributed by atoms with Crippen LogP contribution in [0.3, 0.4) is 0 Å². The van der Waals surface area contributed by atoms with Gasteiger partial charge >= 0.3 is 5.97 Å². The van der Waals surface area contributed by atoms with E-state index in [1.165, 1.54) is 12.1 Å². The van der Waals surface area contributed by atoms with E-state index >= 15 is 0 Å². The highest BCUT2D eigenvalue weighted by Crippen LogP contribution is 2.28. The highest BCUT2D eigenvalue weighted by molar-refractivity contribution is 5.72. The van der Waals surface area contributed by atoms with Crippen molar-refractivity contribution in [2.75, 3.05) is 0 Å². The highest BCUT2D eigenvalue weighted by Gasteiger charge is 2.22. The Balaban J connectivity index is 2.35. The van der Waals surface area contributed by atoms with Gasteiger partial charge in [-0.05, 0) is 43.7 Å². The summed E-state index contributed by atoms with van der Waals surface area (Å²) in [6, 6.07) is 7.37. The van der Waals surface area contributed by atoms with Crippen LogP contribution in [0.1, 0.15) is 23.0 Å². The molecular weight excluding hydrogens is 258 g/mol. The van der Waals surface area contributed by atoms with Crippen molar-refractivity contribution in [3.63, 3.8) is 0 Å². The smallest absolute Gasteiger partial charge is 0.327 e. The number of carboxylic acid groups (broad SMARTS) is 1. The average molecular weight is 275 g/mol. The van der Waals surface area contributed by atoms with Crippen molar-refractivity contribution in [3.05, 3.63) is 47.3 Å². The Morgan fingerprint density at radius 3 is 2.20 bits per heavy atom. The first-order valence-electron chi connectivity index (χ1n) is 6.28. The molecule has 3 N–H and O–H groups in total. The van der Waals surface area contributed by atoms with E-state index in [9.17, 15) is 20.1 Å². The molecule has 2 aromatic rings. The van der Waals surface area contributed by atoms with Gasteiger partial charge in [0.25, 0.3) is 0 Å². The van der Waals surface area contributed by atoms with Crippen molar-refractivity contribution in [2.45, 2.75) is 26.3 Å². The second kappa shape index (κ2) is 5.28. The van der Waals surface area contributed by atoms with Crippen LogP contribution in [0, 0.1) is 13.8 Å². The van der Waals surface area contributed by atoms with E-state index in [0.717, 1.165) is 11.4 Å². The molecule has 0 aliphatic rings. The molecule has 0 radical (unpaired) electrons. The molecule has 2 rings (SSSR count). The zero-order chi connectivity index (χ0) is 14.9. The lowest BCUT2D eigenvalue weighted by atomic mass is 10.0. The summed E-state index contributed by atoms with van der Waals surface area (Å²) in [6.07, 6.45) is 0.236. The number of phenols is 2. The zero-order valence-electron chi connectivity index (χ0n) is 11.4. The number of hydrogen-bond acceptors (Lipinski definition) is 3. The number of aryl methyl sites for hydroxylation is 2. The molecular formula is C15H17NO4. The molecule has 0 aliphatic heterocycles. The van der Waals surface area contributed by atoms with E-state index in [-0.39, 0.29) is 17.9 Å². The fourth-order valence-corrected chi connectivity index (χ4v) is 2.38. The fourth-order valence-electron chi connectivity index (χ4n) is 2.38. The second-order valence-corrected chi connectivity index (χ2v) is 4.87. The van der Waals surface area contributed by atoms with Crippen molar-refractivity contribution in [3.8, 4) is 11.5 Å². The maximum atomic E-state index is 11.5. The molecule has 5 nitrogen and oxygen atoms in total. The van der Waals surface area contributed by atoms with Crippen LogP contribution in [0.5, 0.6) is 11.5 Å². The number of carboxylic acids is 1. The summed E-state index contributed by atoms with van der Waals surface area (Å²) < 4.78 is 1.76. The Hall–Kier alpha value is -2.43. The Morgan fingerprint density at radius 2 is 1.70 bits per heavy atom. The van der Waals surface area contributed by atoms with Crippen LogP contribution in [-0.4, -0.2) is 25.9 Å². The largest absolute Gasteiger partial charge is 0.504 e. The number of aliphatic carboxylic acids is 1. The van der Waals surface area contributed by atoms with Crippen LogP contribution in [-0.2, 0) is 11.2 Å². The van der Waals surface area contributed by atoms with Gasteiger partial charge in [-0.1, -0.05) is 6.07 Å². The predicted molar refractivity (Wildman–Crippen MR) is 74.1 cm³/mol. The van der Waals surface area contributed by atoms with Crippen LogP contribution in [0.25, 0.3) is 0 Å². The Morgan fingerprint density at radius 1 is 1.10 bits per heavy atom. The summed E-state index contributed by atoms with van der Waals surface area (Å²) in [5.41, 5.74) is 2.40. The first-order valence-corrected chi connectivity index (χ1v) is 6.28. The number of phenolic OH excluding ortho intramolecular Hbond substituents is 2. The Kier molecular flexibility index (Phi) is 3.70. The van der Waals surface area contributed by atoms with Crippen molar-refractivity contribution in [1.29, 1.82) is 0 Å². The maximum absolute atomic E-state index is 11.5. The fraction of sp³-hybridized carbons (Fsp3) is 0.267. The number of rotatable bonds is 4. The molecule has 20 heavy (non-hydrogen) atoms. The number of aromatic hydroxyl groups is 2. The summed E-state index contributed by atoms with van der Waals surface area (Å²) >= 11 is 0. The number of aromatic nitrogens is 1. The molecule has 0 saturated heterocycles. The van der Waals surface area contributed by atoms with Gasteiger partial charge in [-0.25, -0.2) is 4.79 Å². The van der Waals surface area contributed by atoms with Gasteiger partial charge in [0.15, 0.2) is 11.5 Å². The van der Waals surface area contributed by atoms with E-state index in [4.69, 9.17) is 0 Å². The molecule has 0 spiro atoms. The minimum Gasteiger partial charge on any atom is -0.504 e. The molecule has 1 aromatic heterocycles. The quantitative estimate of drug-likeness (QED) is 0.748. The second-order valence-electron chi connectivity index (χ2n) is 4.87. The number of nitrogens with zero attached hydrogens (tertiary/aromatic N) is 1. The number of benzene rings is 1. The van der Waals surface area contributed by atoms with Crippen molar-refractivity contribution >= 4 is 5.97 Å². The zero-order valence-corrected chi connectivity index (χ0v) is 11.4. The monoisotopic (exact) mass is 275 g/mol. The third kappa shape index (κ3) is 2.61. The highest BCUT2D eigenvalue weighted by atomic mass is 16.4. The molecule has 5 heteroatoms.